The van der Waals surface area contributed by atoms with Crippen LogP contribution in [0, 0.1) is 23.2 Å². The molecule has 4 aliphatic rings. The standard InChI is InChI=1S/C24H28N2O3/c27-15-24-11-16-8-18(12-24)22(19(9-16)13-24)26-23(28)17-4-3-6-21(10-17)29-14-20-5-1-2-7-25-20/h1-7,10,16,18-19,22,27H,8-9,11-15H2,(H,26,28). The van der Waals surface area contributed by atoms with Crippen LogP contribution in [0.1, 0.15) is 48.2 Å². The van der Waals surface area contributed by atoms with Crippen LogP contribution < -0.4 is 10.1 Å². The van der Waals surface area contributed by atoms with Crippen molar-refractivity contribution in [1.82, 2.24) is 10.3 Å². The van der Waals surface area contributed by atoms with Crippen LogP contribution in [-0.4, -0.2) is 28.6 Å². The van der Waals surface area contributed by atoms with Crippen LogP contribution in [0.25, 0.3) is 0 Å². The Hall–Kier alpha value is -2.40. The van der Waals surface area contributed by atoms with Gasteiger partial charge >= 0.3 is 0 Å². The minimum absolute atomic E-state index is 0.0243. The van der Waals surface area contributed by atoms with Crippen molar-refractivity contribution in [1.29, 1.82) is 0 Å². The summed E-state index contributed by atoms with van der Waals surface area (Å²) in [6, 6.07) is 13.3. The summed E-state index contributed by atoms with van der Waals surface area (Å²) in [4.78, 5) is 17.2. The lowest BCUT2D eigenvalue weighted by atomic mass is 9.48. The van der Waals surface area contributed by atoms with Crippen molar-refractivity contribution in [3.05, 3.63) is 59.9 Å². The molecule has 2 N–H and O–H groups in total. The highest BCUT2D eigenvalue weighted by Crippen LogP contribution is 2.59. The van der Waals surface area contributed by atoms with Crippen molar-refractivity contribution in [2.24, 2.45) is 23.2 Å². The Labute approximate surface area is 171 Å². The zero-order valence-corrected chi connectivity index (χ0v) is 16.6. The van der Waals surface area contributed by atoms with E-state index in [0.717, 1.165) is 24.5 Å². The number of ether oxygens (including phenoxy) is 1. The Morgan fingerprint density at radius 3 is 2.69 bits per heavy atom. The van der Waals surface area contributed by atoms with Crippen LogP contribution in [0.3, 0.4) is 0 Å². The Kier molecular flexibility index (Phi) is 4.78. The summed E-state index contributed by atoms with van der Waals surface area (Å²) >= 11 is 0. The molecule has 5 nitrogen and oxygen atoms in total. The summed E-state index contributed by atoms with van der Waals surface area (Å²) in [5, 5.41) is 13.3. The fraction of sp³-hybridized carbons (Fsp3) is 0.500. The number of amides is 1. The number of carbonyl (C=O) groups excluding carboxylic acids is 1. The highest BCUT2D eigenvalue weighted by molar-refractivity contribution is 5.94. The molecule has 2 unspecified atom stereocenters. The minimum Gasteiger partial charge on any atom is -0.487 e. The fourth-order valence-electron chi connectivity index (χ4n) is 6.22. The molecule has 0 aliphatic heterocycles. The second-order valence-corrected chi connectivity index (χ2v) is 9.26. The van der Waals surface area contributed by atoms with Gasteiger partial charge in [-0.05, 0) is 85.6 Å². The van der Waals surface area contributed by atoms with Gasteiger partial charge in [0, 0.05) is 24.4 Å². The summed E-state index contributed by atoms with van der Waals surface area (Å²) in [5.74, 6) is 2.38. The van der Waals surface area contributed by atoms with Crippen LogP contribution in [0.4, 0.5) is 0 Å². The van der Waals surface area contributed by atoms with Gasteiger partial charge in [-0.2, -0.15) is 0 Å². The van der Waals surface area contributed by atoms with Crippen molar-refractivity contribution in [2.45, 2.75) is 44.8 Å². The first-order valence-electron chi connectivity index (χ1n) is 10.7. The zero-order chi connectivity index (χ0) is 19.8. The molecule has 1 aromatic carbocycles. The molecular weight excluding hydrogens is 364 g/mol. The van der Waals surface area contributed by atoms with Crippen LogP contribution in [0.5, 0.6) is 5.75 Å². The van der Waals surface area contributed by atoms with Gasteiger partial charge in [0.15, 0.2) is 0 Å². The average molecular weight is 392 g/mol. The number of nitrogens with one attached hydrogen (secondary N) is 1. The van der Waals surface area contributed by atoms with Gasteiger partial charge in [0.2, 0.25) is 0 Å². The van der Waals surface area contributed by atoms with Gasteiger partial charge in [-0.3, -0.25) is 9.78 Å². The molecule has 1 amide bonds. The number of hydrogen-bond acceptors (Lipinski definition) is 4. The highest BCUT2D eigenvalue weighted by atomic mass is 16.5. The van der Waals surface area contributed by atoms with Crippen LogP contribution in [-0.2, 0) is 6.61 Å². The van der Waals surface area contributed by atoms with E-state index >= 15 is 0 Å². The molecule has 29 heavy (non-hydrogen) atoms. The fourth-order valence-corrected chi connectivity index (χ4v) is 6.22. The van der Waals surface area contributed by atoms with E-state index < -0.39 is 0 Å². The zero-order valence-electron chi connectivity index (χ0n) is 16.6. The summed E-state index contributed by atoms with van der Waals surface area (Å²) in [7, 11) is 0. The summed E-state index contributed by atoms with van der Waals surface area (Å²) in [5.41, 5.74) is 1.61. The van der Waals surface area contributed by atoms with Gasteiger partial charge in [-0.1, -0.05) is 12.1 Å². The molecule has 0 saturated heterocycles. The van der Waals surface area contributed by atoms with E-state index in [9.17, 15) is 9.90 Å². The molecule has 4 bridgehead atoms. The van der Waals surface area contributed by atoms with E-state index in [1.54, 1.807) is 6.20 Å². The van der Waals surface area contributed by atoms with E-state index in [1.807, 2.05) is 42.5 Å². The lowest BCUT2D eigenvalue weighted by molar-refractivity contribution is -0.0969. The monoisotopic (exact) mass is 392 g/mol. The topological polar surface area (TPSA) is 71.5 Å². The van der Waals surface area contributed by atoms with E-state index in [1.165, 1.54) is 19.3 Å². The number of nitrogens with zero attached hydrogens (tertiary/aromatic N) is 1. The van der Waals surface area contributed by atoms with E-state index in [4.69, 9.17) is 4.74 Å². The number of hydrogen-bond donors (Lipinski definition) is 2. The molecule has 0 spiro atoms. The molecule has 5 heteroatoms. The first-order valence-corrected chi connectivity index (χ1v) is 10.7. The number of aliphatic hydroxyl groups excluding tert-OH is 1. The molecule has 4 fully saturated rings. The quantitative estimate of drug-likeness (QED) is 0.788. The predicted octanol–water partition coefficient (Wildman–Crippen LogP) is 3.58. The van der Waals surface area contributed by atoms with Crippen molar-refractivity contribution in [3.63, 3.8) is 0 Å². The summed E-state index contributed by atoms with van der Waals surface area (Å²) in [6.45, 7) is 0.677. The Morgan fingerprint density at radius 1 is 1.14 bits per heavy atom. The van der Waals surface area contributed by atoms with Gasteiger partial charge in [-0.15, -0.1) is 0 Å². The normalized spacial score (nSPS) is 32.2. The maximum atomic E-state index is 13.0. The SMILES string of the molecule is O=C(NC1C2CC3CC1CC(CO)(C3)C2)c1cccc(OCc2ccccn2)c1. The Morgan fingerprint density at radius 2 is 1.97 bits per heavy atom. The molecule has 2 aromatic rings. The maximum absolute atomic E-state index is 13.0. The highest BCUT2D eigenvalue weighted by Gasteiger charge is 2.55. The number of aliphatic hydroxyl groups is 1. The lowest BCUT2D eigenvalue weighted by Crippen LogP contribution is -2.60. The number of aromatic nitrogens is 1. The smallest absolute Gasteiger partial charge is 0.251 e. The molecule has 2 atom stereocenters. The van der Waals surface area contributed by atoms with Gasteiger partial charge in [0.1, 0.15) is 12.4 Å². The second-order valence-electron chi connectivity index (χ2n) is 9.26. The van der Waals surface area contributed by atoms with E-state index in [-0.39, 0.29) is 17.4 Å². The first-order chi connectivity index (χ1) is 14.1. The first kappa shape index (κ1) is 18.6. The minimum atomic E-state index is -0.0243. The largest absolute Gasteiger partial charge is 0.487 e. The van der Waals surface area contributed by atoms with Gasteiger partial charge in [0.05, 0.1) is 5.69 Å². The number of pyridine rings is 1. The molecule has 6 rings (SSSR count). The lowest BCUT2D eigenvalue weighted by Gasteiger charge is -2.59. The Balaban J connectivity index is 1.25. The van der Waals surface area contributed by atoms with Crippen LogP contribution >= 0.6 is 0 Å². The van der Waals surface area contributed by atoms with Crippen LogP contribution in [0.2, 0.25) is 0 Å². The average Bonchev–Trinajstić information content (AvgIpc) is 2.75. The molecule has 0 radical (unpaired) electrons. The summed E-state index contributed by atoms with van der Waals surface area (Å²) < 4.78 is 5.82. The molecule has 152 valence electrons. The molecule has 4 saturated carbocycles. The van der Waals surface area contributed by atoms with Gasteiger partial charge < -0.3 is 15.2 Å². The van der Waals surface area contributed by atoms with Gasteiger partial charge in [0.25, 0.3) is 5.91 Å². The van der Waals surface area contributed by atoms with Gasteiger partial charge in [-0.25, -0.2) is 0 Å². The van der Waals surface area contributed by atoms with Crippen molar-refractivity contribution >= 4 is 5.91 Å². The van der Waals surface area contributed by atoms with Crippen molar-refractivity contribution < 1.29 is 14.6 Å². The molecule has 1 heterocycles. The van der Waals surface area contributed by atoms with Crippen molar-refractivity contribution in [2.75, 3.05) is 6.61 Å². The molecule has 1 aromatic heterocycles. The summed E-state index contributed by atoms with van der Waals surface area (Å²) in [6.07, 6.45) is 7.40. The maximum Gasteiger partial charge on any atom is 0.251 e. The predicted molar refractivity (Wildman–Crippen MR) is 109 cm³/mol. The third kappa shape index (κ3) is 3.64. The number of carbonyl (C=O) groups is 1. The van der Waals surface area contributed by atoms with E-state index in [2.05, 4.69) is 10.3 Å². The third-order valence-electron chi connectivity index (χ3n) is 7.24. The van der Waals surface area contributed by atoms with Crippen molar-refractivity contribution in [3.8, 4) is 5.75 Å². The number of rotatable bonds is 6. The second kappa shape index (κ2) is 7.45. The molecule has 4 aliphatic carbocycles. The van der Waals surface area contributed by atoms with Crippen LogP contribution in [0.15, 0.2) is 48.7 Å². The third-order valence-corrected chi connectivity index (χ3v) is 7.24. The van der Waals surface area contributed by atoms with E-state index in [0.29, 0.717) is 36.4 Å². The molecular formula is C24H28N2O3. The Bertz CT molecular complexity index is 869. The number of benzene rings is 1.